The Hall–Kier alpha value is -1.52. The lowest BCUT2D eigenvalue weighted by Gasteiger charge is -2.56. The summed E-state index contributed by atoms with van der Waals surface area (Å²) in [5.41, 5.74) is -3.44. The van der Waals surface area contributed by atoms with Gasteiger partial charge in [0.15, 0.2) is 17.3 Å². The first-order valence-electron chi connectivity index (χ1n) is 11.8. The van der Waals surface area contributed by atoms with Gasteiger partial charge in [0.1, 0.15) is 6.10 Å². The monoisotopic (exact) mass is 468 g/mol. The third-order valence-corrected chi connectivity index (χ3v) is 8.66. The first-order chi connectivity index (χ1) is 15.3. The summed E-state index contributed by atoms with van der Waals surface area (Å²) in [6.45, 7) is 8.56. The minimum Gasteiger partial charge on any atom is -0.459 e. The molecular weight excluding hydrogens is 432 g/mol. The molecule has 9 heteroatoms. The molecule has 0 radical (unpaired) electrons. The minimum atomic E-state index is -1.40. The van der Waals surface area contributed by atoms with E-state index in [0.29, 0.717) is 12.0 Å². The Bertz CT molecular complexity index is 857. The number of aliphatic hydroxyl groups is 4. The summed E-state index contributed by atoms with van der Waals surface area (Å²) < 4.78 is 17.2. The zero-order valence-corrected chi connectivity index (χ0v) is 19.9. The van der Waals surface area contributed by atoms with Crippen LogP contribution in [0.15, 0.2) is 11.6 Å². The van der Waals surface area contributed by atoms with Crippen LogP contribution in [0.4, 0.5) is 0 Å². The molecule has 2 aliphatic carbocycles. The van der Waals surface area contributed by atoms with Gasteiger partial charge in [-0.05, 0) is 32.3 Å². The Labute approximate surface area is 193 Å². The van der Waals surface area contributed by atoms with Crippen LogP contribution in [0, 0.1) is 17.3 Å². The van der Waals surface area contributed by atoms with E-state index in [1.165, 1.54) is 0 Å². The number of rotatable bonds is 3. The van der Waals surface area contributed by atoms with E-state index in [-0.39, 0.29) is 19.3 Å². The average Bonchev–Trinajstić information content (AvgIpc) is 3.32. The topological polar surface area (TPSA) is 146 Å². The van der Waals surface area contributed by atoms with Crippen molar-refractivity contribution in [2.75, 3.05) is 0 Å². The highest BCUT2D eigenvalue weighted by molar-refractivity contribution is 5.88. The van der Waals surface area contributed by atoms with Gasteiger partial charge < -0.3 is 34.6 Å². The number of fused-ring (bicyclic) bond motifs is 1. The molecule has 0 aromatic carbocycles. The number of hydrogen-bond donors (Lipinski definition) is 4. The van der Waals surface area contributed by atoms with E-state index in [2.05, 4.69) is 0 Å². The second-order valence-corrected chi connectivity index (χ2v) is 10.7. The number of ether oxygens (including phenoxy) is 3. The van der Waals surface area contributed by atoms with Crippen LogP contribution >= 0.6 is 0 Å². The van der Waals surface area contributed by atoms with Crippen molar-refractivity contribution < 1.29 is 44.2 Å². The Morgan fingerprint density at radius 2 is 1.88 bits per heavy atom. The van der Waals surface area contributed by atoms with Crippen molar-refractivity contribution in [2.24, 2.45) is 17.3 Å². The fourth-order valence-corrected chi connectivity index (χ4v) is 6.53. The van der Waals surface area contributed by atoms with Gasteiger partial charge in [-0.2, -0.15) is 0 Å². The van der Waals surface area contributed by atoms with Crippen molar-refractivity contribution in [3.05, 3.63) is 11.6 Å². The molecule has 3 fully saturated rings. The SMILES string of the molecule is CCCC(=O)O[C@H]1C/C(C)=C\[C@@H]2OC(=O)[C@@]3(C)O[C@]23[C@@H](O)[C@H]2[C@@H](C)[C@@H](O)C[C@H](O)[C@]2(C)[C@H]1O. The summed E-state index contributed by atoms with van der Waals surface area (Å²) in [6.07, 6.45) is -4.14. The van der Waals surface area contributed by atoms with Crippen LogP contribution in [0.3, 0.4) is 0 Å². The van der Waals surface area contributed by atoms with Crippen molar-refractivity contribution >= 4 is 11.9 Å². The van der Waals surface area contributed by atoms with Crippen molar-refractivity contribution in [3.63, 3.8) is 0 Å². The molecular formula is C24H36O9. The number of carbonyl (C=O) groups excluding carboxylic acids is 2. The summed E-state index contributed by atoms with van der Waals surface area (Å²) in [5.74, 6) is -2.50. The first-order valence-corrected chi connectivity index (χ1v) is 11.8. The van der Waals surface area contributed by atoms with Crippen LogP contribution in [-0.4, -0.2) is 80.2 Å². The van der Waals surface area contributed by atoms with Crippen LogP contribution in [0.25, 0.3) is 0 Å². The zero-order valence-electron chi connectivity index (χ0n) is 19.9. The quantitative estimate of drug-likeness (QED) is 0.266. The summed E-state index contributed by atoms with van der Waals surface area (Å²) >= 11 is 0. The molecule has 0 aromatic heterocycles. The standard InChI is InChI=1S/C24H36O9/c1-6-7-17(27)31-14-8-11(2)9-16-24(23(5,33-24)21(30)32-16)20(29)18-12(3)13(25)10-15(26)22(18,4)19(14)28/h9,12-16,18-20,25-26,28-29H,6-8,10H2,1-5H3/b11-9-/t12-,13-,14-,15-,16-,18+,19-,20-,22-,23+,24-/m0/s1. The lowest BCUT2D eigenvalue weighted by Crippen LogP contribution is -2.66. The van der Waals surface area contributed by atoms with E-state index in [1.807, 2.05) is 6.92 Å². The molecule has 1 saturated carbocycles. The number of esters is 2. The van der Waals surface area contributed by atoms with Gasteiger partial charge in [-0.3, -0.25) is 4.79 Å². The Morgan fingerprint density at radius 1 is 1.21 bits per heavy atom. The molecule has 33 heavy (non-hydrogen) atoms. The van der Waals surface area contributed by atoms with Crippen LogP contribution < -0.4 is 0 Å². The zero-order chi connectivity index (χ0) is 24.5. The predicted molar refractivity (Wildman–Crippen MR) is 115 cm³/mol. The molecule has 4 rings (SSSR count). The summed E-state index contributed by atoms with van der Waals surface area (Å²) in [6, 6.07) is 0. The minimum absolute atomic E-state index is 0.00756. The molecule has 4 N–H and O–H groups in total. The Kier molecular flexibility index (Phi) is 5.98. The molecule has 2 aliphatic heterocycles. The van der Waals surface area contributed by atoms with Crippen LogP contribution in [0.2, 0.25) is 0 Å². The molecule has 4 aliphatic rings. The lowest BCUT2D eigenvalue weighted by molar-refractivity contribution is -0.227. The fourth-order valence-electron chi connectivity index (χ4n) is 6.53. The molecule has 0 amide bonds. The van der Waals surface area contributed by atoms with Crippen molar-refractivity contribution in [3.8, 4) is 0 Å². The fraction of sp³-hybridized carbons (Fsp3) is 0.833. The second kappa shape index (κ2) is 8.02. The van der Waals surface area contributed by atoms with Gasteiger partial charge in [-0.25, -0.2) is 4.79 Å². The van der Waals surface area contributed by atoms with Gasteiger partial charge in [-0.15, -0.1) is 0 Å². The van der Waals surface area contributed by atoms with E-state index in [9.17, 15) is 30.0 Å². The van der Waals surface area contributed by atoms with Gasteiger partial charge in [-0.1, -0.05) is 26.3 Å². The van der Waals surface area contributed by atoms with E-state index >= 15 is 0 Å². The molecule has 1 spiro atoms. The second-order valence-electron chi connectivity index (χ2n) is 10.7. The molecule has 2 heterocycles. The van der Waals surface area contributed by atoms with E-state index in [1.54, 1.807) is 33.8 Å². The highest BCUT2D eigenvalue weighted by atomic mass is 16.7. The molecule has 9 nitrogen and oxygen atoms in total. The smallest absolute Gasteiger partial charge is 0.342 e. The highest BCUT2D eigenvalue weighted by Gasteiger charge is 2.86. The number of epoxide rings is 1. The lowest BCUT2D eigenvalue weighted by atomic mass is 9.53. The van der Waals surface area contributed by atoms with Crippen molar-refractivity contribution in [1.29, 1.82) is 0 Å². The molecule has 186 valence electrons. The van der Waals surface area contributed by atoms with Gasteiger partial charge in [0, 0.05) is 30.6 Å². The predicted octanol–water partition coefficient (Wildman–Crippen LogP) is 0.607. The van der Waals surface area contributed by atoms with Gasteiger partial charge >= 0.3 is 11.9 Å². The Morgan fingerprint density at radius 3 is 2.48 bits per heavy atom. The van der Waals surface area contributed by atoms with E-state index in [4.69, 9.17) is 14.2 Å². The normalized spacial score (nSPS) is 53.0. The maximum Gasteiger partial charge on any atom is 0.342 e. The molecule has 0 aromatic rings. The van der Waals surface area contributed by atoms with Crippen LogP contribution in [0.1, 0.15) is 60.3 Å². The molecule has 0 bridgehead atoms. The van der Waals surface area contributed by atoms with E-state index < -0.39 is 77.0 Å². The van der Waals surface area contributed by atoms with Gasteiger partial charge in [0.25, 0.3) is 0 Å². The van der Waals surface area contributed by atoms with Gasteiger partial charge in [0.2, 0.25) is 0 Å². The van der Waals surface area contributed by atoms with Crippen molar-refractivity contribution in [1.82, 2.24) is 0 Å². The van der Waals surface area contributed by atoms with Crippen LogP contribution in [-0.2, 0) is 23.8 Å². The number of hydrogen-bond acceptors (Lipinski definition) is 9. The highest BCUT2D eigenvalue weighted by Crippen LogP contribution is 2.64. The molecule has 11 atom stereocenters. The summed E-state index contributed by atoms with van der Waals surface area (Å²) in [7, 11) is 0. The third kappa shape index (κ3) is 3.31. The number of carbonyl (C=O) groups is 2. The summed E-state index contributed by atoms with van der Waals surface area (Å²) in [5, 5.41) is 45.3. The third-order valence-electron chi connectivity index (χ3n) is 8.66. The molecule has 0 unspecified atom stereocenters. The maximum absolute atomic E-state index is 12.6. The first kappa shape index (κ1) is 24.6. The Balaban J connectivity index is 1.86. The van der Waals surface area contributed by atoms with Gasteiger partial charge in [0.05, 0.1) is 24.4 Å². The maximum atomic E-state index is 12.6. The van der Waals surface area contributed by atoms with Crippen molar-refractivity contribution in [2.45, 2.75) is 108 Å². The average molecular weight is 469 g/mol. The van der Waals surface area contributed by atoms with Crippen LogP contribution in [0.5, 0.6) is 0 Å². The van der Waals surface area contributed by atoms with E-state index in [0.717, 1.165) is 0 Å². The summed E-state index contributed by atoms with van der Waals surface area (Å²) in [4.78, 5) is 25.0. The largest absolute Gasteiger partial charge is 0.459 e. The number of aliphatic hydroxyl groups excluding tert-OH is 4. The molecule has 2 saturated heterocycles.